The third-order valence-electron chi connectivity index (χ3n) is 0. The Morgan fingerprint density at radius 2 is 1.00 bits per heavy atom. The van der Waals surface area contributed by atoms with Crippen LogP contribution in [0.1, 0.15) is 0 Å². The van der Waals surface area contributed by atoms with E-state index in [9.17, 15) is 0 Å². The van der Waals surface area contributed by atoms with Crippen molar-refractivity contribution in [3.05, 3.63) is 0 Å². The van der Waals surface area contributed by atoms with Crippen LogP contribution in [0, 0.1) is 0 Å². The van der Waals surface area contributed by atoms with Gasteiger partial charge in [-0.15, -0.1) is 0 Å². The normalized spacial score (nSPS) is 0. The molecule has 0 saturated carbocycles. The van der Waals surface area contributed by atoms with Crippen molar-refractivity contribution in [3.63, 3.8) is 0 Å². The molecular formula is H4BMoSiZr. The van der Waals surface area contributed by atoms with Crippen molar-refractivity contribution >= 4 is 19.4 Å². The van der Waals surface area contributed by atoms with E-state index in [-0.39, 0.29) is 66.6 Å². The average Bonchev–Trinajstić information content (AvgIpc) is 0. The molecule has 3 radical (unpaired) electrons. The summed E-state index contributed by atoms with van der Waals surface area (Å²) in [6.45, 7) is 0. The van der Waals surface area contributed by atoms with Crippen LogP contribution in [0.3, 0.4) is 0 Å². The van der Waals surface area contributed by atoms with E-state index in [2.05, 4.69) is 0 Å². The van der Waals surface area contributed by atoms with Gasteiger partial charge in [0.1, 0.15) is 0 Å². The van der Waals surface area contributed by atoms with Crippen molar-refractivity contribution in [1.82, 2.24) is 0 Å². The van der Waals surface area contributed by atoms with Gasteiger partial charge in [-0.2, -0.15) is 0 Å². The summed E-state index contributed by atoms with van der Waals surface area (Å²) in [7, 11) is 0. The van der Waals surface area contributed by atoms with Crippen LogP contribution in [0.25, 0.3) is 0 Å². The average molecular weight is 230 g/mol. The molecule has 0 amide bonds. The Morgan fingerprint density at radius 3 is 1.00 bits per heavy atom. The van der Waals surface area contributed by atoms with Gasteiger partial charge in [-0.3, -0.25) is 0 Å². The molecule has 0 aromatic carbocycles. The summed E-state index contributed by atoms with van der Waals surface area (Å²) in [5.74, 6) is 0. The molecule has 4 heavy (non-hydrogen) atoms. The molecule has 4 heteroatoms. The topological polar surface area (TPSA) is 0 Å². The second kappa shape index (κ2) is 21.0. The quantitative estimate of drug-likeness (QED) is 0.429. The summed E-state index contributed by atoms with van der Waals surface area (Å²) in [4.78, 5) is 0. The van der Waals surface area contributed by atoms with Crippen molar-refractivity contribution in [3.8, 4) is 0 Å². The molecule has 0 bridgehead atoms. The van der Waals surface area contributed by atoms with E-state index < -0.39 is 0 Å². The Bertz CT molecular complexity index is 8.00. The van der Waals surface area contributed by atoms with Crippen molar-refractivity contribution in [2.75, 3.05) is 0 Å². The first kappa shape index (κ1) is 40.1. The molecule has 0 N–H and O–H groups in total. The first-order chi connectivity index (χ1) is 0. The summed E-state index contributed by atoms with van der Waals surface area (Å²) in [5.41, 5.74) is 0. The first-order valence-electron chi connectivity index (χ1n) is 0. The molecule has 0 saturated heterocycles. The van der Waals surface area contributed by atoms with Gasteiger partial charge in [0.2, 0.25) is 0 Å². The van der Waals surface area contributed by atoms with Crippen molar-refractivity contribution < 1.29 is 47.3 Å². The van der Waals surface area contributed by atoms with Crippen LogP contribution in [0.15, 0.2) is 0 Å². The zero-order valence-electron chi connectivity index (χ0n) is 1.49. The van der Waals surface area contributed by atoms with Gasteiger partial charge in [-0.1, -0.05) is 0 Å². The van der Waals surface area contributed by atoms with E-state index >= 15 is 0 Å². The van der Waals surface area contributed by atoms with Gasteiger partial charge in [0.25, 0.3) is 0 Å². The fraction of sp³-hybridized carbons (Fsp3) is 0. The first-order valence-corrected chi connectivity index (χ1v) is 0. The van der Waals surface area contributed by atoms with Crippen LogP contribution >= 0.6 is 0 Å². The third kappa shape index (κ3) is 9.13. The van der Waals surface area contributed by atoms with Gasteiger partial charge in [0.05, 0.1) is 0 Å². The molecule has 0 rings (SSSR count). The SMILES string of the molecule is [B].[Mo].[SiH4].[Zr]. The summed E-state index contributed by atoms with van der Waals surface area (Å²) in [5, 5.41) is 0. The maximum atomic E-state index is 0. The Labute approximate surface area is 66.1 Å². The standard InChI is InChI=1S/B.Mo.H4Si.Zr/h;;1H4;. The van der Waals surface area contributed by atoms with Gasteiger partial charge in [-0.25, -0.2) is 0 Å². The summed E-state index contributed by atoms with van der Waals surface area (Å²) >= 11 is 0. The van der Waals surface area contributed by atoms with E-state index in [1.54, 1.807) is 0 Å². The molecular weight excluding hydrogens is 226 g/mol. The Hall–Kier alpha value is 1.85. The molecule has 21 valence electrons. The van der Waals surface area contributed by atoms with Crippen LogP contribution in [0.2, 0.25) is 0 Å². The van der Waals surface area contributed by atoms with Crippen LogP contribution in [0.4, 0.5) is 0 Å². The second-order valence-corrected chi connectivity index (χ2v) is 0. The van der Waals surface area contributed by atoms with Crippen LogP contribution in [-0.4, -0.2) is 19.4 Å². The second-order valence-electron chi connectivity index (χ2n) is 0. The molecule has 0 heterocycles. The number of hydrogen-bond acceptors (Lipinski definition) is 0. The molecule has 0 spiro atoms. The zero-order chi connectivity index (χ0) is 0. The fourth-order valence-electron chi connectivity index (χ4n) is 0. The van der Waals surface area contributed by atoms with E-state index in [0.717, 1.165) is 0 Å². The van der Waals surface area contributed by atoms with Crippen LogP contribution < -0.4 is 0 Å². The predicted molar refractivity (Wildman–Crippen MR) is 17.1 cm³/mol. The van der Waals surface area contributed by atoms with Crippen LogP contribution in [0.5, 0.6) is 0 Å². The Kier molecular flexibility index (Phi) is 211. The van der Waals surface area contributed by atoms with E-state index in [4.69, 9.17) is 0 Å². The van der Waals surface area contributed by atoms with Crippen LogP contribution in [-0.2, 0) is 47.3 Å². The Balaban J connectivity index is 0. The summed E-state index contributed by atoms with van der Waals surface area (Å²) in [6, 6.07) is 0. The largest absolute Gasteiger partial charge is 0.0149 e. The smallest absolute Gasteiger partial charge is 0 e. The zero-order valence-corrected chi connectivity index (χ0v) is 5.95. The van der Waals surface area contributed by atoms with Gasteiger partial charge < -0.3 is 0 Å². The maximum absolute atomic E-state index is 0. The van der Waals surface area contributed by atoms with Gasteiger partial charge in [-0.05, 0) is 11.0 Å². The van der Waals surface area contributed by atoms with Crippen molar-refractivity contribution in [2.45, 2.75) is 0 Å². The van der Waals surface area contributed by atoms with Gasteiger partial charge in [0.15, 0.2) is 0 Å². The summed E-state index contributed by atoms with van der Waals surface area (Å²) < 4.78 is 0. The predicted octanol–water partition coefficient (Wildman–Crippen LogP) is -1.84. The molecule has 0 aromatic heterocycles. The molecule has 0 aliphatic carbocycles. The molecule has 0 aliphatic heterocycles. The third-order valence-corrected chi connectivity index (χ3v) is 0. The van der Waals surface area contributed by atoms with Gasteiger partial charge in [0, 0.05) is 55.7 Å². The summed E-state index contributed by atoms with van der Waals surface area (Å²) in [6.07, 6.45) is 0. The molecule has 0 aliphatic rings. The molecule has 0 unspecified atom stereocenters. The molecule has 0 fully saturated rings. The Morgan fingerprint density at radius 1 is 1.00 bits per heavy atom. The minimum atomic E-state index is 0. The van der Waals surface area contributed by atoms with Gasteiger partial charge >= 0.3 is 0 Å². The number of rotatable bonds is 0. The van der Waals surface area contributed by atoms with E-state index in [1.165, 1.54) is 0 Å². The maximum Gasteiger partial charge on any atom is 0 e. The number of hydrogen-bond donors (Lipinski definition) is 0. The molecule has 0 aromatic rings. The van der Waals surface area contributed by atoms with Crippen molar-refractivity contribution in [2.24, 2.45) is 0 Å². The van der Waals surface area contributed by atoms with E-state index in [1.807, 2.05) is 0 Å². The minimum absolute atomic E-state index is 0. The minimum Gasteiger partial charge on any atom is -0.0149 e. The van der Waals surface area contributed by atoms with Crippen molar-refractivity contribution in [1.29, 1.82) is 0 Å². The fourth-order valence-corrected chi connectivity index (χ4v) is 0. The molecule has 0 nitrogen and oxygen atoms in total. The molecule has 0 atom stereocenters. The van der Waals surface area contributed by atoms with E-state index in [0.29, 0.717) is 0 Å². The monoisotopic (exact) mass is 231 g/mol.